The summed E-state index contributed by atoms with van der Waals surface area (Å²) in [6.07, 6.45) is 9.42. The van der Waals surface area contributed by atoms with Crippen LogP contribution in [0.25, 0.3) is 11.3 Å². The summed E-state index contributed by atoms with van der Waals surface area (Å²) < 4.78 is 5.44. The van der Waals surface area contributed by atoms with Crippen LogP contribution < -0.4 is 0 Å². The highest BCUT2D eigenvalue weighted by molar-refractivity contribution is 5.93. The maximum atomic E-state index is 13.2. The van der Waals surface area contributed by atoms with Crippen LogP contribution in [-0.2, 0) is 0 Å². The summed E-state index contributed by atoms with van der Waals surface area (Å²) in [6, 6.07) is 12.4. The molecule has 0 unspecified atom stereocenters. The van der Waals surface area contributed by atoms with E-state index >= 15 is 0 Å². The summed E-state index contributed by atoms with van der Waals surface area (Å²) in [7, 11) is 0. The number of benzene rings is 1. The van der Waals surface area contributed by atoms with Crippen molar-refractivity contribution in [1.82, 2.24) is 10.1 Å². The minimum absolute atomic E-state index is 0.0310. The second-order valence-corrected chi connectivity index (χ2v) is 7.03. The van der Waals surface area contributed by atoms with E-state index in [0.29, 0.717) is 17.8 Å². The van der Waals surface area contributed by atoms with Crippen LogP contribution in [0.5, 0.6) is 0 Å². The maximum absolute atomic E-state index is 13.2. The van der Waals surface area contributed by atoms with Gasteiger partial charge in [-0.25, -0.2) is 0 Å². The first kappa shape index (κ1) is 15.4. The topological polar surface area (TPSA) is 46.3 Å². The number of aromatic nitrogens is 1. The lowest BCUT2D eigenvalue weighted by atomic mass is 10.1. The summed E-state index contributed by atoms with van der Waals surface area (Å²) in [6.45, 7) is 0. The van der Waals surface area contributed by atoms with Crippen LogP contribution in [0.2, 0.25) is 0 Å². The van der Waals surface area contributed by atoms with Crippen LogP contribution in [0.1, 0.15) is 61.9 Å². The Morgan fingerprint density at radius 2 is 1.54 bits per heavy atom. The second-order valence-electron chi connectivity index (χ2n) is 7.03. The van der Waals surface area contributed by atoms with Gasteiger partial charge in [0, 0.05) is 23.7 Å². The van der Waals surface area contributed by atoms with Crippen molar-refractivity contribution >= 4 is 5.91 Å². The van der Waals surface area contributed by atoms with Crippen LogP contribution in [0.3, 0.4) is 0 Å². The van der Waals surface area contributed by atoms with Gasteiger partial charge in [-0.2, -0.15) is 0 Å². The normalized spacial score (nSPS) is 19.0. The van der Waals surface area contributed by atoms with Gasteiger partial charge in [0.2, 0.25) is 5.76 Å². The van der Waals surface area contributed by atoms with Crippen LogP contribution in [-0.4, -0.2) is 28.0 Å². The molecule has 1 aromatic carbocycles. The Morgan fingerprint density at radius 3 is 2.12 bits per heavy atom. The van der Waals surface area contributed by atoms with Gasteiger partial charge in [-0.3, -0.25) is 4.79 Å². The summed E-state index contributed by atoms with van der Waals surface area (Å²) in [5.74, 6) is 0.413. The Hall–Kier alpha value is -2.10. The zero-order valence-corrected chi connectivity index (χ0v) is 14.0. The molecule has 0 aliphatic heterocycles. The van der Waals surface area contributed by atoms with Crippen LogP contribution >= 0.6 is 0 Å². The molecule has 2 aliphatic carbocycles. The first-order valence-corrected chi connectivity index (χ1v) is 9.18. The van der Waals surface area contributed by atoms with Gasteiger partial charge in [-0.05, 0) is 25.7 Å². The molecule has 0 atom stereocenters. The number of carbonyl (C=O) groups is 1. The molecule has 0 N–H and O–H groups in total. The molecule has 4 nitrogen and oxygen atoms in total. The van der Waals surface area contributed by atoms with Gasteiger partial charge >= 0.3 is 0 Å². The fourth-order valence-corrected chi connectivity index (χ4v) is 4.24. The number of rotatable bonds is 4. The second kappa shape index (κ2) is 6.80. The van der Waals surface area contributed by atoms with E-state index < -0.39 is 0 Å². The van der Waals surface area contributed by atoms with E-state index in [1.54, 1.807) is 6.07 Å². The number of hydrogen-bond acceptors (Lipinski definition) is 3. The van der Waals surface area contributed by atoms with Crippen LogP contribution in [0.4, 0.5) is 0 Å². The molecule has 0 radical (unpaired) electrons. The van der Waals surface area contributed by atoms with Crippen LogP contribution in [0, 0.1) is 0 Å². The van der Waals surface area contributed by atoms with E-state index in [1.165, 1.54) is 25.7 Å². The maximum Gasteiger partial charge on any atom is 0.292 e. The molecule has 2 fully saturated rings. The van der Waals surface area contributed by atoms with Gasteiger partial charge in [0.1, 0.15) is 5.69 Å². The summed E-state index contributed by atoms with van der Waals surface area (Å²) in [5.41, 5.74) is 1.71. The summed E-state index contributed by atoms with van der Waals surface area (Å²) >= 11 is 0. The van der Waals surface area contributed by atoms with Gasteiger partial charge in [0.25, 0.3) is 5.91 Å². The Morgan fingerprint density at radius 1 is 0.958 bits per heavy atom. The number of hydrogen-bond donors (Lipinski definition) is 0. The van der Waals surface area contributed by atoms with Crippen LogP contribution in [0.15, 0.2) is 40.9 Å². The van der Waals surface area contributed by atoms with Crippen molar-refractivity contribution in [1.29, 1.82) is 0 Å². The van der Waals surface area contributed by atoms with Crippen molar-refractivity contribution in [3.8, 4) is 11.3 Å². The Balaban J connectivity index is 1.59. The average Bonchev–Trinajstić information content (AvgIpc) is 3.38. The average molecular weight is 324 g/mol. The highest BCUT2D eigenvalue weighted by atomic mass is 16.5. The molecule has 24 heavy (non-hydrogen) atoms. The number of carbonyl (C=O) groups excluding carboxylic acids is 1. The quantitative estimate of drug-likeness (QED) is 0.821. The largest absolute Gasteiger partial charge is 0.350 e. The zero-order chi connectivity index (χ0) is 16.4. The van der Waals surface area contributed by atoms with E-state index in [0.717, 1.165) is 36.9 Å². The molecular formula is C20H24N2O2. The summed E-state index contributed by atoms with van der Waals surface area (Å²) in [5, 5.41) is 4.12. The molecule has 2 aromatic rings. The van der Waals surface area contributed by atoms with Crippen molar-refractivity contribution in [2.24, 2.45) is 0 Å². The Kier molecular flexibility index (Phi) is 4.37. The standard InChI is InChI=1S/C20H24N2O2/c23-20(19-14-18(21-24-19)15-8-2-1-3-9-15)22(16-10-4-5-11-16)17-12-6-7-13-17/h1-3,8-9,14,16-17H,4-7,10-13H2. The van der Waals surface area contributed by atoms with E-state index in [2.05, 4.69) is 10.1 Å². The predicted molar refractivity (Wildman–Crippen MR) is 92.6 cm³/mol. The van der Waals surface area contributed by atoms with Gasteiger partial charge < -0.3 is 9.42 Å². The minimum atomic E-state index is 0.0310. The van der Waals surface area contributed by atoms with Gasteiger partial charge in [-0.1, -0.05) is 61.2 Å². The molecule has 2 aliphatic rings. The molecule has 2 saturated carbocycles. The fraction of sp³-hybridized carbons (Fsp3) is 0.500. The first-order chi connectivity index (χ1) is 11.8. The van der Waals surface area contributed by atoms with Crippen molar-refractivity contribution in [2.75, 3.05) is 0 Å². The lowest BCUT2D eigenvalue weighted by Crippen LogP contribution is -2.45. The Labute approximate surface area is 142 Å². The first-order valence-electron chi connectivity index (χ1n) is 9.18. The highest BCUT2D eigenvalue weighted by Gasteiger charge is 2.36. The number of amides is 1. The van der Waals surface area contributed by atoms with E-state index in [9.17, 15) is 4.79 Å². The van der Waals surface area contributed by atoms with Gasteiger partial charge in [-0.15, -0.1) is 0 Å². The van der Waals surface area contributed by atoms with Crippen molar-refractivity contribution in [3.05, 3.63) is 42.2 Å². The van der Waals surface area contributed by atoms with Crippen molar-refractivity contribution in [2.45, 2.75) is 63.5 Å². The zero-order valence-electron chi connectivity index (χ0n) is 14.0. The third-order valence-corrected chi connectivity index (χ3v) is 5.46. The van der Waals surface area contributed by atoms with Gasteiger partial charge in [0.15, 0.2) is 0 Å². The molecular weight excluding hydrogens is 300 g/mol. The molecule has 4 rings (SSSR count). The molecule has 1 heterocycles. The van der Waals surface area contributed by atoms with E-state index in [1.807, 2.05) is 30.3 Å². The third kappa shape index (κ3) is 2.97. The molecule has 0 bridgehead atoms. The molecule has 1 amide bonds. The van der Waals surface area contributed by atoms with Gasteiger partial charge in [0.05, 0.1) is 0 Å². The minimum Gasteiger partial charge on any atom is -0.350 e. The smallest absolute Gasteiger partial charge is 0.292 e. The number of nitrogens with zero attached hydrogens (tertiary/aromatic N) is 2. The molecule has 0 spiro atoms. The predicted octanol–water partition coefficient (Wildman–Crippen LogP) is 4.67. The highest BCUT2D eigenvalue weighted by Crippen LogP contribution is 2.33. The van der Waals surface area contributed by atoms with E-state index in [-0.39, 0.29) is 5.91 Å². The lowest BCUT2D eigenvalue weighted by Gasteiger charge is -2.33. The lowest BCUT2D eigenvalue weighted by molar-refractivity contribution is 0.0538. The monoisotopic (exact) mass is 324 g/mol. The molecule has 0 saturated heterocycles. The van der Waals surface area contributed by atoms with Crippen molar-refractivity contribution in [3.63, 3.8) is 0 Å². The van der Waals surface area contributed by atoms with E-state index in [4.69, 9.17) is 4.52 Å². The van der Waals surface area contributed by atoms with Crippen molar-refractivity contribution < 1.29 is 9.32 Å². The Bertz CT molecular complexity index is 667. The summed E-state index contributed by atoms with van der Waals surface area (Å²) in [4.78, 5) is 15.3. The SMILES string of the molecule is O=C(c1cc(-c2ccccc2)no1)N(C1CCCC1)C1CCCC1. The third-order valence-electron chi connectivity index (χ3n) is 5.46. The molecule has 126 valence electrons. The molecule has 1 aromatic heterocycles. The fourth-order valence-electron chi connectivity index (χ4n) is 4.24. The molecule has 4 heteroatoms.